The number of aliphatic hydroxyl groups excluding tert-OH is 1. The average Bonchev–Trinajstić information content (AvgIpc) is 2.87. The SMILES string of the molecule is CC(CO)NC(=O)NC(c1nc2ccccc2[nH]1)C(C)C. The van der Waals surface area contributed by atoms with E-state index in [2.05, 4.69) is 20.6 Å². The van der Waals surface area contributed by atoms with E-state index in [1.165, 1.54) is 0 Å². The second-order valence-electron chi connectivity index (χ2n) is 5.56. The van der Waals surface area contributed by atoms with Crippen molar-refractivity contribution in [1.29, 1.82) is 0 Å². The Morgan fingerprint density at radius 2 is 2.00 bits per heavy atom. The topological polar surface area (TPSA) is 90.0 Å². The maximum atomic E-state index is 11.9. The van der Waals surface area contributed by atoms with Crippen LogP contribution in [0, 0.1) is 5.92 Å². The van der Waals surface area contributed by atoms with Gasteiger partial charge in [0.05, 0.1) is 29.7 Å². The molecule has 114 valence electrons. The lowest BCUT2D eigenvalue weighted by atomic mass is 10.0. The summed E-state index contributed by atoms with van der Waals surface area (Å²) in [6, 6.07) is 6.95. The lowest BCUT2D eigenvalue weighted by molar-refractivity contribution is 0.214. The Morgan fingerprint density at radius 3 is 2.62 bits per heavy atom. The van der Waals surface area contributed by atoms with E-state index in [0.717, 1.165) is 16.9 Å². The van der Waals surface area contributed by atoms with E-state index in [0.29, 0.717) is 0 Å². The van der Waals surface area contributed by atoms with E-state index in [-0.39, 0.29) is 30.6 Å². The summed E-state index contributed by atoms with van der Waals surface area (Å²) < 4.78 is 0. The Bertz CT molecular complexity index is 575. The number of urea groups is 1. The number of hydrogen-bond donors (Lipinski definition) is 4. The molecule has 4 N–H and O–H groups in total. The average molecular weight is 290 g/mol. The molecule has 0 bridgehead atoms. The molecule has 0 radical (unpaired) electrons. The molecule has 2 atom stereocenters. The molecule has 0 aliphatic rings. The largest absolute Gasteiger partial charge is 0.394 e. The fraction of sp³-hybridized carbons (Fsp3) is 0.467. The van der Waals surface area contributed by atoms with Crippen LogP contribution in [-0.4, -0.2) is 33.8 Å². The number of amides is 2. The fourth-order valence-electron chi connectivity index (χ4n) is 2.12. The van der Waals surface area contributed by atoms with Gasteiger partial charge in [0.25, 0.3) is 0 Å². The predicted octanol–water partition coefficient (Wildman–Crippen LogP) is 1.94. The van der Waals surface area contributed by atoms with Crippen molar-refractivity contribution in [3.63, 3.8) is 0 Å². The number of fused-ring (bicyclic) bond motifs is 1. The van der Waals surface area contributed by atoms with Crippen molar-refractivity contribution in [3.8, 4) is 0 Å². The molecule has 0 spiro atoms. The molecule has 1 heterocycles. The first kappa shape index (κ1) is 15.3. The first-order valence-corrected chi connectivity index (χ1v) is 7.13. The third kappa shape index (κ3) is 3.72. The summed E-state index contributed by atoms with van der Waals surface area (Å²) in [6.07, 6.45) is 0. The molecule has 2 rings (SSSR count). The molecule has 0 saturated carbocycles. The third-order valence-electron chi connectivity index (χ3n) is 3.31. The lowest BCUT2D eigenvalue weighted by Gasteiger charge is -2.21. The van der Waals surface area contributed by atoms with Crippen LogP contribution in [0.5, 0.6) is 0 Å². The number of rotatable bonds is 5. The molecule has 2 amide bonds. The van der Waals surface area contributed by atoms with Crippen molar-refractivity contribution >= 4 is 17.1 Å². The van der Waals surface area contributed by atoms with Gasteiger partial charge in [-0.25, -0.2) is 9.78 Å². The highest BCUT2D eigenvalue weighted by Crippen LogP contribution is 2.21. The maximum absolute atomic E-state index is 11.9. The number of imidazole rings is 1. The van der Waals surface area contributed by atoms with E-state index in [4.69, 9.17) is 5.11 Å². The van der Waals surface area contributed by atoms with Crippen molar-refractivity contribution in [1.82, 2.24) is 20.6 Å². The van der Waals surface area contributed by atoms with Crippen LogP contribution in [0.25, 0.3) is 11.0 Å². The van der Waals surface area contributed by atoms with E-state index in [1.807, 2.05) is 38.1 Å². The summed E-state index contributed by atoms with van der Waals surface area (Å²) in [5.74, 6) is 0.916. The van der Waals surface area contributed by atoms with Gasteiger partial charge in [0.2, 0.25) is 0 Å². The molecule has 6 heteroatoms. The number of carbonyl (C=O) groups excluding carboxylic acids is 1. The van der Waals surface area contributed by atoms with Gasteiger partial charge in [-0.05, 0) is 25.0 Å². The van der Waals surface area contributed by atoms with Gasteiger partial charge >= 0.3 is 6.03 Å². The first-order chi connectivity index (χ1) is 10.0. The van der Waals surface area contributed by atoms with E-state index >= 15 is 0 Å². The Hall–Kier alpha value is -2.08. The Kier molecular flexibility index (Phi) is 4.80. The van der Waals surface area contributed by atoms with Crippen LogP contribution in [0.15, 0.2) is 24.3 Å². The van der Waals surface area contributed by atoms with Crippen molar-refractivity contribution in [2.45, 2.75) is 32.9 Å². The minimum absolute atomic E-state index is 0.0929. The summed E-state index contributed by atoms with van der Waals surface area (Å²) in [5, 5.41) is 14.6. The third-order valence-corrected chi connectivity index (χ3v) is 3.31. The maximum Gasteiger partial charge on any atom is 0.315 e. The predicted molar refractivity (Wildman–Crippen MR) is 81.9 cm³/mol. The Balaban J connectivity index is 2.17. The number of H-pyrrole nitrogens is 1. The molecule has 0 fully saturated rings. The highest BCUT2D eigenvalue weighted by Gasteiger charge is 2.22. The molecule has 1 aromatic heterocycles. The van der Waals surface area contributed by atoms with Crippen molar-refractivity contribution in [2.24, 2.45) is 5.92 Å². The number of nitrogens with one attached hydrogen (secondary N) is 3. The second-order valence-corrected chi connectivity index (χ2v) is 5.56. The van der Waals surface area contributed by atoms with Crippen LogP contribution in [0.2, 0.25) is 0 Å². The van der Waals surface area contributed by atoms with Crippen molar-refractivity contribution in [2.75, 3.05) is 6.61 Å². The molecule has 0 aliphatic heterocycles. The van der Waals surface area contributed by atoms with Crippen molar-refractivity contribution < 1.29 is 9.90 Å². The number of hydrogen-bond acceptors (Lipinski definition) is 3. The smallest absolute Gasteiger partial charge is 0.315 e. The molecule has 1 aromatic carbocycles. The highest BCUT2D eigenvalue weighted by atomic mass is 16.3. The van der Waals surface area contributed by atoms with E-state index in [1.54, 1.807) is 6.92 Å². The van der Waals surface area contributed by atoms with Gasteiger partial charge in [-0.2, -0.15) is 0 Å². The standard InChI is InChI=1S/C15H22N4O2/c1-9(2)13(19-15(21)16-10(3)8-20)14-17-11-6-4-5-7-12(11)18-14/h4-7,9-10,13,20H,8H2,1-3H3,(H,17,18)(H2,16,19,21). The van der Waals surface area contributed by atoms with Gasteiger partial charge in [-0.15, -0.1) is 0 Å². The zero-order valence-corrected chi connectivity index (χ0v) is 12.6. The Morgan fingerprint density at radius 1 is 1.29 bits per heavy atom. The van der Waals surface area contributed by atoms with Gasteiger partial charge in [0.1, 0.15) is 5.82 Å². The monoisotopic (exact) mass is 290 g/mol. The van der Waals surface area contributed by atoms with Crippen LogP contribution in [-0.2, 0) is 0 Å². The Labute approximate surface area is 124 Å². The number of aliphatic hydroxyl groups is 1. The zero-order chi connectivity index (χ0) is 15.4. The van der Waals surface area contributed by atoms with Crippen LogP contribution < -0.4 is 10.6 Å². The van der Waals surface area contributed by atoms with E-state index < -0.39 is 0 Å². The number of para-hydroxylation sites is 2. The van der Waals surface area contributed by atoms with Gasteiger partial charge in [-0.3, -0.25) is 0 Å². The van der Waals surface area contributed by atoms with Crippen LogP contribution in [0.3, 0.4) is 0 Å². The number of benzene rings is 1. The van der Waals surface area contributed by atoms with Gasteiger partial charge in [0.15, 0.2) is 0 Å². The molecule has 0 saturated heterocycles. The number of carbonyl (C=O) groups is 1. The fourth-order valence-corrected chi connectivity index (χ4v) is 2.12. The van der Waals surface area contributed by atoms with Crippen LogP contribution >= 0.6 is 0 Å². The summed E-state index contributed by atoms with van der Waals surface area (Å²) in [5.41, 5.74) is 1.83. The van der Waals surface area contributed by atoms with Crippen LogP contribution in [0.1, 0.15) is 32.6 Å². The lowest BCUT2D eigenvalue weighted by Crippen LogP contribution is -2.45. The molecule has 21 heavy (non-hydrogen) atoms. The van der Waals surface area contributed by atoms with Gasteiger partial charge < -0.3 is 20.7 Å². The summed E-state index contributed by atoms with van der Waals surface area (Å²) in [6.45, 7) is 5.69. The minimum atomic E-state index is -0.310. The quantitative estimate of drug-likeness (QED) is 0.678. The van der Waals surface area contributed by atoms with Crippen LogP contribution in [0.4, 0.5) is 4.79 Å². The van der Waals surface area contributed by atoms with Gasteiger partial charge in [-0.1, -0.05) is 26.0 Å². The first-order valence-electron chi connectivity index (χ1n) is 7.13. The van der Waals surface area contributed by atoms with E-state index in [9.17, 15) is 4.79 Å². The zero-order valence-electron chi connectivity index (χ0n) is 12.6. The number of nitrogens with zero attached hydrogens (tertiary/aromatic N) is 1. The summed E-state index contributed by atoms with van der Waals surface area (Å²) in [4.78, 5) is 19.7. The van der Waals surface area contributed by atoms with Crippen molar-refractivity contribution in [3.05, 3.63) is 30.1 Å². The normalized spacial score (nSPS) is 14.1. The summed E-state index contributed by atoms with van der Waals surface area (Å²) in [7, 11) is 0. The second kappa shape index (κ2) is 6.58. The number of aromatic nitrogens is 2. The molecule has 6 nitrogen and oxygen atoms in total. The summed E-state index contributed by atoms with van der Waals surface area (Å²) >= 11 is 0. The number of aromatic amines is 1. The molecule has 0 aliphatic carbocycles. The van der Waals surface area contributed by atoms with Gasteiger partial charge in [0, 0.05) is 0 Å². The molecule has 2 unspecified atom stereocenters. The molecule has 2 aromatic rings. The molecular formula is C15H22N4O2. The minimum Gasteiger partial charge on any atom is -0.394 e. The highest BCUT2D eigenvalue weighted by molar-refractivity contribution is 5.76. The molecular weight excluding hydrogens is 268 g/mol.